The van der Waals surface area contributed by atoms with Gasteiger partial charge in [0.05, 0.1) is 19.3 Å². The van der Waals surface area contributed by atoms with Crippen LogP contribution in [-0.2, 0) is 9.53 Å². The Labute approximate surface area is 103 Å². The molecule has 0 saturated carbocycles. The highest BCUT2D eigenvalue weighted by Crippen LogP contribution is 2.09. The third-order valence-corrected chi connectivity index (χ3v) is 2.71. The molecule has 1 atom stereocenters. The number of rotatable bonds is 5. The van der Waals surface area contributed by atoms with E-state index in [2.05, 4.69) is 16.3 Å². The maximum absolute atomic E-state index is 12.0. The highest BCUT2D eigenvalue weighted by Gasteiger charge is 2.29. The molecule has 1 saturated heterocycles. The number of carbonyl (C=O) groups excluding carboxylic acids is 1. The molecule has 1 N–H and O–H groups in total. The van der Waals surface area contributed by atoms with Crippen LogP contribution in [0.15, 0.2) is 0 Å². The molecule has 1 aliphatic heterocycles. The molecule has 17 heavy (non-hydrogen) atoms. The Balaban J connectivity index is 2.47. The lowest BCUT2D eigenvalue weighted by Crippen LogP contribution is -2.54. The van der Waals surface area contributed by atoms with E-state index in [1.54, 1.807) is 0 Å². The lowest BCUT2D eigenvalue weighted by atomic mass is 10.1. The van der Waals surface area contributed by atoms with Crippen molar-refractivity contribution in [1.82, 2.24) is 10.2 Å². The number of ether oxygens (including phenoxy) is 1. The molecule has 1 heterocycles. The first-order valence-corrected chi connectivity index (χ1v) is 6.14. The number of nitrogens with one attached hydrogen (secondary N) is 1. The quantitative estimate of drug-likeness (QED) is 0.710. The number of hydrogen-bond donors (Lipinski definition) is 1. The van der Waals surface area contributed by atoms with Gasteiger partial charge in [0.15, 0.2) is 0 Å². The van der Waals surface area contributed by atoms with Gasteiger partial charge < -0.3 is 10.1 Å². The maximum atomic E-state index is 12.0. The normalized spacial score (nSPS) is 21.2. The van der Waals surface area contributed by atoms with Gasteiger partial charge in [0.25, 0.3) is 0 Å². The average molecular weight is 239 g/mol. The number of nitrogens with zero attached hydrogens (tertiary/aromatic N) is 2. The molecular weight excluding hydrogens is 218 g/mol. The molecule has 5 nitrogen and oxygen atoms in total. The zero-order valence-electron chi connectivity index (χ0n) is 10.6. The SMILES string of the molecule is CC(C)NC(=O)C1COCCN1CCCC#N. The largest absolute Gasteiger partial charge is 0.378 e. The van der Waals surface area contributed by atoms with Gasteiger partial charge in [0.1, 0.15) is 6.04 Å². The van der Waals surface area contributed by atoms with Crippen LogP contribution in [0.4, 0.5) is 0 Å². The third kappa shape index (κ3) is 4.72. The fourth-order valence-corrected chi connectivity index (χ4v) is 1.89. The molecule has 5 heteroatoms. The Morgan fingerprint density at radius 3 is 3.06 bits per heavy atom. The molecule has 1 aliphatic rings. The van der Waals surface area contributed by atoms with Crippen molar-refractivity contribution in [2.75, 3.05) is 26.3 Å². The minimum Gasteiger partial charge on any atom is -0.378 e. The van der Waals surface area contributed by atoms with E-state index >= 15 is 0 Å². The van der Waals surface area contributed by atoms with E-state index in [9.17, 15) is 4.79 Å². The van der Waals surface area contributed by atoms with E-state index in [1.807, 2.05) is 13.8 Å². The zero-order valence-corrected chi connectivity index (χ0v) is 10.6. The Hall–Kier alpha value is -1.12. The van der Waals surface area contributed by atoms with Crippen molar-refractivity contribution >= 4 is 5.91 Å². The summed E-state index contributed by atoms with van der Waals surface area (Å²) in [6.45, 7) is 6.56. The fourth-order valence-electron chi connectivity index (χ4n) is 1.89. The molecule has 0 aromatic carbocycles. The summed E-state index contributed by atoms with van der Waals surface area (Å²) in [5.41, 5.74) is 0. The summed E-state index contributed by atoms with van der Waals surface area (Å²) in [6, 6.07) is 2.07. The van der Waals surface area contributed by atoms with Crippen LogP contribution in [0.3, 0.4) is 0 Å². The van der Waals surface area contributed by atoms with Crippen molar-refractivity contribution in [1.29, 1.82) is 5.26 Å². The van der Waals surface area contributed by atoms with Crippen molar-refractivity contribution < 1.29 is 9.53 Å². The van der Waals surface area contributed by atoms with Crippen molar-refractivity contribution in [3.05, 3.63) is 0 Å². The van der Waals surface area contributed by atoms with E-state index < -0.39 is 0 Å². The summed E-state index contributed by atoms with van der Waals surface area (Å²) in [4.78, 5) is 14.1. The van der Waals surface area contributed by atoms with Gasteiger partial charge in [-0.2, -0.15) is 5.26 Å². The van der Waals surface area contributed by atoms with Crippen LogP contribution in [0.1, 0.15) is 26.7 Å². The smallest absolute Gasteiger partial charge is 0.239 e. The highest BCUT2D eigenvalue weighted by molar-refractivity contribution is 5.82. The topological polar surface area (TPSA) is 65.4 Å². The maximum Gasteiger partial charge on any atom is 0.239 e. The van der Waals surface area contributed by atoms with Crippen molar-refractivity contribution in [3.63, 3.8) is 0 Å². The molecule has 0 aromatic rings. The summed E-state index contributed by atoms with van der Waals surface area (Å²) in [7, 11) is 0. The van der Waals surface area contributed by atoms with Gasteiger partial charge in [-0.15, -0.1) is 0 Å². The molecule has 1 unspecified atom stereocenters. The van der Waals surface area contributed by atoms with Crippen molar-refractivity contribution in [3.8, 4) is 6.07 Å². The molecule has 96 valence electrons. The van der Waals surface area contributed by atoms with Gasteiger partial charge in [0.2, 0.25) is 5.91 Å². The number of hydrogen-bond acceptors (Lipinski definition) is 4. The summed E-state index contributed by atoms with van der Waals surface area (Å²) in [5, 5.41) is 11.4. The molecule has 0 aromatic heterocycles. The van der Waals surface area contributed by atoms with Crippen LogP contribution in [0.5, 0.6) is 0 Å². The molecule has 0 aliphatic carbocycles. The van der Waals surface area contributed by atoms with E-state index in [0.717, 1.165) is 19.5 Å². The van der Waals surface area contributed by atoms with Crippen LogP contribution in [0.25, 0.3) is 0 Å². The average Bonchev–Trinajstić information content (AvgIpc) is 2.29. The number of unbranched alkanes of at least 4 members (excludes halogenated alkanes) is 1. The molecule has 1 rings (SSSR count). The van der Waals surface area contributed by atoms with Gasteiger partial charge in [-0.25, -0.2) is 0 Å². The third-order valence-electron chi connectivity index (χ3n) is 2.71. The van der Waals surface area contributed by atoms with E-state index in [-0.39, 0.29) is 18.0 Å². The molecule has 0 radical (unpaired) electrons. The van der Waals surface area contributed by atoms with Crippen LogP contribution < -0.4 is 5.32 Å². The lowest BCUT2D eigenvalue weighted by Gasteiger charge is -2.34. The van der Waals surface area contributed by atoms with Gasteiger partial charge in [-0.1, -0.05) is 0 Å². The first-order valence-electron chi connectivity index (χ1n) is 6.14. The lowest BCUT2D eigenvalue weighted by molar-refractivity contribution is -0.133. The molecule has 0 spiro atoms. The number of nitriles is 1. The Morgan fingerprint density at radius 1 is 1.65 bits per heavy atom. The molecule has 1 fully saturated rings. The number of amides is 1. The predicted molar refractivity (Wildman–Crippen MR) is 64.3 cm³/mol. The summed E-state index contributed by atoms with van der Waals surface area (Å²) >= 11 is 0. The first kappa shape index (κ1) is 13.9. The number of morpholine rings is 1. The summed E-state index contributed by atoms with van der Waals surface area (Å²) in [6.07, 6.45) is 1.35. The highest BCUT2D eigenvalue weighted by atomic mass is 16.5. The Kier molecular flexibility index (Phi) is 5.95. The van der Waals surface area contributed by atoms with Crippen LogP contribution in [0, 0.1) is 11.3 Å². The van der Waals surface area contributed by atoms with Gasteiger partial charge in [-0.3, -0.25) is 9.69 Å². The van der Waals surface area contributed by atoms with Crippen LogP contribution in [-0.4, -0.2) is 49.2 Å². The second-order valence-electron chi connectivity index (χ2n) is 4.55. The second kappa shape index (κ2) is 7.25. The van der Waals surface area contributed by atoms with Crippen LogP contribution >= 0.6 is 0 Å². The first-order chi connectivity index (χ1) is 8.15. The van der Waals surface area contributed by atoms with Gasteiger partial charge in [0, 0.05) is 25.6 Å². The van der Waals surface area contributed by atoms with E-state index in [1.165, 1.54) is 0 Å². The van der Waals surface area contributed by atoms with Crippen molar-refractivity contribution in [2.45, 2.75) is 38.8 Å². The van der Waals surface area contributed by atoms with E-state index in [4.69, 9.17) is 10.00 Å². The monoisotopic (exact) mass is 239 g/mol. The van der Waals surface area contributed by atoms with E-state index in [0.29, 0.717) is 19.6 Å². The van der Waals surface area contributed by atoms with Crippen molar-refractivity contribution in [2.24, 2.45) is 0 Å². The Bertz CT molecular complexity index is 286. The van der Waals surface area contributed by atoms with Crippen LogP contribution in [0.2, 0.25) is 0 Å². The fraction of sp³-hybridized carbons (Fsp3) is 0.833. The Morgan fingerprint density at radius 2 is 2.41 bits per heavy atom. The zero-order chi connectivity index (χ0) is 12.7. The summed E-state index contributed by atoms with van der Waals surface area (Å²) in [5.74, 6) is 0.0247. The minimum absolute atomic E-state index is 0.0247. The predicted octanol–water partition coefficient (Wildman–Crippen LogP) is 0.516. The summed E-state index contributed by atoms with van der Waals surface area (Å²) < 4.78 is 5.35. The number of carbonyl (C=O) groups is 1. The van der Waals surface area contributed by atoms with Gasteiger partial charge in [-0.05, 0) is 20.3 Å². The molecule has 0 bridgehead atoms. The second-order valence-corrected chi connectivity index (χ2v) is 4.55. The standard InChI is InChI=1S/C12H21N3O2/c1-10(2)14-12(16)11-9-17-8-7-15(11)6-4-3-5-13/h10-11H,3-4,6-9H2,1-2H3,(H,14,16). The molecule has 1 amide bonds. The van der Waals surface area contributed by atoms with Gasteiger partial charge >= 0.3 is 0 Å². The molecular formula is C12H21N3O2. The minimum atomic E-state index is -0.204.